The highest BCUT2D eigenvalue weighted by molar-refractivity contribution is 6.04. The van der Waals surface area contributed by atoms with Crippen LogP contribution in [0.3, 0.4) is 0 Å². The van der Waals surface area contributed by atoms with Crippen LogP contribution in [-0.2, 0) is 6.18 Å². The molecule has 1 aliphatic rings. The maximum atomic E-state index is 13.4. The van der Waals surface area contributed by atoms with Crippen LogP contribution in [0, 0.1) is 0 Å². The molecule has 0 radical (unpaired) electrons. The monoisotopic (exact) mass is 402 g/mol. The van der Waals surface area contributed by atoms with E-state index in [-0.39, 0.29) is 11.6 Å². The Morgan fingerprint density at radius 3 is 2.41 bits per heavy atom. The third-order valence-electron chi connectivity index (χ3n) is 4.56. The average Bonchev–Trinajstić information content (AvgIpc) is 3.39. The third-order valence-corrected chi connectivity index (χ3v) is 4.56. The van der Waals surface area contributed by atoms with Gasteiger partial charge in [-0.3, -0.25) is 4.79 Å². The van der Waals surface area contributed by atoms with Gasteiger partial charge in [0.05, 0.1) is 11.9 Å². The van der Waals surface area contributed by atoms with Crippen molar-refractivity contribution in [2.24, 2.45) is 0 Å². The molecular weight excluding hydrogens is 385 g/mol. The topological polar surface area (TPSA) is 71.3 Å². The lowest BCUT2D eigenvalue weighted by atomic mass is 10.2. The zero-order chi connectivity index (χ0) is 20.4. The Labute approximate surface area is 164 Å². The van der Waals surface area contributed by atoms with Crippen LogP contribution in [0.15, 0.2) is 53.1 Å². The maximum Gasteiger partial charge on any atom is 0.452 e. The Morgan fingerprint density at radius 2 is 1.79 bits per heavy atom. The number of nitrogens with zero attached hydrogens (tertiary/aromatic N) is 3. The summed E-state index contributed by atoms with van der Waals surface area (Å²) in [6.45, 7) is 1.82. The van der Waals surface area contributed by atoms with Crippen LogP contribution in [0.4, 0.5) is 24.7 Å². The molecule has 0 bridgehead atoms. The summed E-state index contributed by atoms with van der Waals surface area (Å²) < 4.78 is 45.0. The zero-order valence-electron chi connectivity index (χ0n) is 15.2. The normalized spacial score (nSPS) is 14.2. The SMILES string of the molecule is O=C(Nc1ccc(N2CCCC2)nc1)c1nc(-c2ccccc2)oc1C(F)(F)F. The first kappa shape index (κ1) is 19.0. The molecule has 4 rings (SSSR count). The first-order chi connectivity index (χ1) is 13.9. The lowest BCUT2D eigenvalue weighted by Gasteiger charge is -2.16. The van der Waals surface area contributed by atoms with Crippen molar-refractivity contribution in [3.8, 4) is 11.5 Å². The molecule has 0 atom stereocenters. The fourth-order valence-corrected chi connectivity index (χ4v) is 3.15. The van der Waals surface area contributed by atoms with Gasteiger partial charge in [-0.05, 0) is 37.1 Å². The van der Waals surface area contributed by atoms with E-state index in [4.69, 9.17) is 4.42 Å². The highest BCUT2D eigenvalue weighted by Crippen LogP contribution is 2.35. The number of benzene rings is 1. The summed E-state index contributed by atoms with van der Waals surface area (Å²) in [6, 6.07) is 11.4. The fraction of sp³-hybridized carbons (Fsp3) is 0.250. The molecule has 0 unspecified atom stereocenters. The smallest absolute Gasteiger partial charge is 0.431 e. The lowest BCUT2D eigenvalue weighted by Crippen LogP contribution is -2.20. The number of oxazole rings is 1. The number of hydrogen-bond acceptors (Lipinski definition) is 5. The van der Waals surface area contributed by atoms with Gasteiger partial charge in [-0.1, -0.05) is 18.2 Å². The second-order valence-electron chi connectivity index (χ2n) is 6.61. The van der Waals surface area contributed by atoms with Gasteiger partial charge in [0, 0.05) is 18.7 Å². The van der Waals surface area contributed by atoms with Crippen LogP contribution in [0.25, 0.3) is 11.5 Å². The average molecular weight is 402 g/mol. The number of nitrogens with one attached hydrogen (secondary N) is 1. The van der Waals surface area contributed by atoms with E-state index < -0.39 is 23.5 Å². The molecule has 6 nitrogen and oxygen atoms in total. The number of halogens is 3. The van der Waals surface area contributed by atoms with Crippen molar-refractivity contribution in [1.29, 1.82) is 0 Å². The molecule has 1 N–H and O–H groups in total. The van der Waals surface area contributed by atoms with Crippen molar-refractivity contribution in [2.75, 3.05) is 23.3 Å². The van der Waals surface area contributed by atoms with E-state index in [2.05, 4.69) is 20.2 Å². The Balaban J connectivity index is 1.58. The van der Waals surface area contributed by atoms with Gasteiger partial charge in [-0.2, -0.15) is 13.2 Å². The van der Waals surface area contributed by atoms with Crippen LogP contribution >= 0.6 is 0 Å². The quantitative estimate of drug-likeness (QED) is 0.690. The first-order valence-corrected chi connectivity index (χ1v) is 9.07. The number of alkyl halides is 3. The van der Waals surface area contributed by atoms with E-state index in [1.807, 2.05) is 0 Å². The van der Waals surface area contributed by atoms with E-state index in [0.29, 0.717) is 5.56 Å². The standard InChI is InChI=1S/C20H17F3N4O2/c21-20(22,23)17-16(26-19(29-17)13-6-2-1-3-7-13)18(28)25-14-8-9-15(24-12-14)27-10-4-5-11-27/h1-3,6-9,12H,4-5,10-11H2,(H,25,28). The third kappa shape index (κ3) is 4.08. The number of aromatic nitrogens is 2. The summed E-state index contributed by atoms with van der Waals surface area (Å²) in [7, 11) is 0. The van der Waals surface area contributed by atoms with Gasteiger partial charge in [0.1, 0.15) is 5.82 Å². The minimum atomic E-state index is -4.86. The first-order valence-electron chi connectivity index (χ1n) is 9.07. The summed E-state index contributed by atoms with van der Waals surface area (Å²) in [4.78, 5) is 22.7. The van der Waals surface area contributed by atoms with E-state index in [1.165, 1.54) is 6.20 Å². The molecule has 1 saturated heterocycles. The molecule has 0 aliphatic carbocycles. The summed E-state index contributed by atoms with van der Waals surface area (Å²) in [5.74, 6) is -1.95. The second-order valence-corrected chi connectivity index (χ2v) is 6.61. The molecule has 0 spiro atoms. The minimum Gasteiger partial charge on any atom is -0.431 e. The van der Waals surface area contributed by atoms with Crippen molar-refractivity contribution >= 4 is 17.4 Å². The van der Waals surface area contributed by atoms with Crippen molar-refractivity contribution in [1.82, 2.24) is 9.97 Å². The lowest BCUT2D eigenvalue weighted by molar-refractivity contribution is -0.153. The van der Waals surface area contributed by atoms with E-state index in [0.717, 1.165) is 31.7 Å². The second kappa shape index (κ2) is 7.57. The molecule has 29 heavy (non-hydrogen) atoms. The molecule has 150 valence electrons. The number of pyridine rings is 1. The van der Waals surface area contributed by atoms with Gasteiger partial charge in [-0.25, -0.2) is 9.97 Å². The fourth-order valence-electron chi connectivity index (χ4n) is 3.15. The summed E-state index contributed by atoms with van der Waals surface area (Å²) in [5.41, 5.74) is -0.205. The van der Waals surface area contributed by atoms with Gasteiger partial charge in [-0.15, -0.1) is 0 Å². The van der Waals surface area contributed by atoms with Crippen molar-refractivity contribution in [3.63, 3.8) is 0 Å². The van der Waals surface area contributed by atoms with Gasteiger partial charge in [0.2, 0.25) is 11.7 Å². The van der Waals surface area contributed by atoms with Crippen LogP contribution in [0.5, 0.6) is 0 Å². The van der Waals surface area contributed by atoms with Gasteiger partial charge >= 0.3 is 6.18 Å². The van der Waals surface area contributed by atoms with Crippen LogP contribution in [0.1, 0.15) is 29.1 Å². The Bertz CT molecular complexity index is 995. The minimum absolute atomic E-state index is 0.273. The van der Waals surface area contributed by atoms with Crippen molar-refractivity contribution < 1.29 is 22.4 Å². The molecule has 0 saturated carbocycles. The van der Waals surface area contributed by atoms with E-state index >= 15 is 0 Å². The van der Waals surface area contributed by atoms with Crippen LogP contribution < -0.4 is 10.2 Å². The predicted octanol–water partition coefficient (Wildman–Crippen LogP) is 4.61. The van der Waals surface area contributed by atoms with Crippen LogP contribution in [-0.4, -0.2) is 29.0 Å². The van der Waals surface area contributed by atoms with Crippen molar-refractivity contribution in [2.45, 2.75) is 19.0 Å². The molecule has 3 aromatic rings. The summed E-state index contributed by atoms with van der Waals surface area (Å²) in [6.07, 6.45) is -1.26. The van der Waals surface area contributed by atoms with Gasteiger partial charge in [0.15, 0.2) is 5.69 Å². The Kier molecular flexibility index (Phi) is 4.96. The maximum absolute atomic E-state index is 13.4. The molecular formula is C20H17F3N4O2. The Hall–Kier alpha value is -3.36. The van der Waals surface area contributed by atoms with Crippen molar-refractivity contribution in [3.05, 3.63) is 60.1 Å². The molecule has 9 heteroatoms. The largest absolute Gasteiger partial charge is 0.452 e. The zero-order valence-corrected chi connectivity index (χ0v) is 15.2. The van der Waals surface area contributed by atoms with E-state index in [9.17, 15) is 18.0 Å². The molecule has 2 aromatic heterocycles. The van der Waals surface area contributed by atoms with Crippen LogP contribution in [0.2, 0.25) is 0 Å². The predicted molar refractivity (Wildman–Crippen MR) is 101 cm³/mol. The highest BCUT2D eigenvalue weighted by atomic mass is 19.4. The molecule has 1 aromatic carbocycles. The molecule has 1 aliphatic heterocycles. The Morgan fingerprint density at radius 1 is 1.07 bits per heavy atom. The number of anilines is 2. The number of rotatable bonds is 4. The number of carbonyl (C=O) groups excluding carboxylic acids is 1. The molecule has 1 fully saturated rings. The highest BCUT2D eigenvalue weighted by Gasteiger charge is 2.42. The van der Waals surface area contributed by atoms with Gasteiger partial charge < -0.3 is 14.6 Å². The summed E-state index contributed by atoms with van der Waals surface area (Å²) in [5, 5.41) is 2.41. The van der Waals surface area contributed by atoms with Gasteiger partial charge in [0.25, 0.3) is 5.91 Å². The van der Waals surface area contributed by atoms with E-state index in [1.54, 1.807) is 42.5 Å². The number of hydrogen-bond donors (Lipinski definition) is 1. The molecule has 1 amide bonds. The number of carbonyl (C=O) groups is 1. The molecule has 3 heterocycles. The summed E-state index contributed by atoms with van der Waals surface area (Å²) >= 11 is 0. The number of amides is 1.